The molecule has 32 heavy (non-hydrogen) atoms. The van der Waals surface area contributed by atoms with Crippen LogP contribution in [-0.4, -0.2) is 27.6 Å². The molecule has 170 valence electrons. The Bertz CT molecular complexity index is 1260. The maximum Gasteiger partial charge on any atom is 0.202 e. The minimum absolute atomic E-state index is 0.0789. The van der Waals surface area contributed by atoms with Gasteiger partial charge in [0.15, 0.2) is 0 Å². The highest BCUT2D eigenvalue weighted by molar-refractivity contribution is 7.13. The number of aromatic hydroxyl groups is 1. The van der Waals surface area contributed by atoms with Crippen molar-refractivity contribution < 1.29 is 9.52 Å². The third-order valence-corrected chi connectivity index (χ3v) is 8.32. The molecule has 0 radical (unpaired) electrons. The van der Waals surface area contributed by atoms with Crippen LogP contribution in [0, 0.1) is 17.8 Å². The number of likely N-dealkylation sites (tertiary alicyclic amines) is 1. The molecule has 0 spiro atoms. The predicted molar refractivity (Wildman–Crippen MR) is 129 cm³/mol. The van der Waals surface area contributed by atoms with E-state index in [2.05, 4.69) is 30.7 Å². The van der Waals surface area contributed by atoms with Gasteiger partial charge in [-0.1, -0.05) is 27.7 Å². The number of hydrogen-bond acceptors (Lipinski definition) is 6. The molecule has 1 aliphatic carbocycles. The fraction of sp³-hybridized carbons (Fsp3) is 0.538. The molecule has 5 rings (SSSR count). The summed E-state index contributed by atoms with van der Waals surface area (Å²) in [5.41, 5.74) is 3.97. The minimum atomic E-state index is -0.0789. The topological polar surface area (TPSA) is 66.6 Å². The molecule has 3 aromatic rings. The Morgan fingerprint density at radius 2 is 2.09 bits per heavy atom. The average Bonchev–Trinajstić information content (AvgIpc) is 3.23. The Balaban J connectivity index is 1.61. The van der Waals surface area contributed by atoms with Gasteiger partial charge in [-0.15, -0.1) is 11.3 Å². The molecule has 2 bridgehead atoms. The van der Waals surface area contributed by atoms with Gasteiger partial charge in [0.25, 0.3) is 0 Å². The molecule has 1 saturated carbocycles. The van der Waals surface area contributed by atoms with Crippen LogP contribution in [0.4, 0.5) is 0 Å². The second-order valence-electron chi connectivity index (χ2n) is 11.0. The van der Waals surface area contributed by atoms with Crippen LogP contribution in [0.1, 0.15) is 63.8 Å². The molecule has 5 nitrogen and oxygen atoms in total. The molecule has 1 aromatic carbocycles. The second kappa shape index (κ2) is 7.42. The largest absolute Gasteiger partial charge is 0.507 e. The fourth-order valence-electron chi connectivity index (χ4n) is 6.40. The lowest BCUT2D eigenvalue weighted by Crippen LogP contribution is -2.34. The van der Waals surface area contributed by atoms with Gasteiger partial charge in [0.05, 0.1) is 16.5 Å². The molecule has 2 atom stereocenters. The summed E-state index contributed by atoms with van der Waals surface area (Å²) in [7, 11) is 0. The highest BCUT2D eigenvalue weighted by Crippen LogP contribution is 2.53. The van der Waals surface area contributed by atoms with Gasteiger partial charge in [-0.3, -0.25) is 9.69 Å². The van der Waals surface area contributed by atoms with Crippen molar-refractivity contribution in [2.45, 2.75) is 72.9 Å². The Labute approximate surface area is 193 Å². The van der Waals surface area contributed by atoms with E-state index in [1.54, 1.807) is 6.07 Å². The lowest BCUT2D eigenvalue weighted by atomic mass is 9.65. The van der Waals surface area contributed by atoms with Gasteiger partial charge < -0.3 is 9.52 Å². The zero-order valence-electron chi connectivity index (χ0n) is 19.6. The molecular weight excluding hydrogens is 420 g/mol. The van der Waals surface area contributed by atoms with E-state index in [0.29, 0.717) is 51.4 Å². The minimum Gasteiger partial charge on any atom is -0.507 e. The summed E-state index contributed by atoms with van der Waals surface area (Å²) < 4.78 is 6.07. The summed E-state index contributed by atoms with van der Waals surface area (Å²) in [6, 6.07) is 2.30. The lowest BCUT2D eigenvalue weighted by molar-refractivity contribution is 0.126. The first-order valence-corrected chi connectivity index (χ1v) is 12.4. The van der Waals surface area contributed by atoms with Crippen molar-refractivity contribution in [3.8, 4) is 16.3 Å². The summed E-state index contributed by atoms with van der Waals surface area (Å²) in [6.07, 6.45) is 5.75. The Hall–Kier alpha value is -2.18. The van der Waals surface area contributed by atoms with Crippen LogP contribution < -0.4 is 5.43 Å². The first-order valence-electron chi connectivity index (χ1n) is 11.5. The molecule has 2 aromatic heterocycles. The van der Waals surface area contributed by atoms with E-state index in [1.807, 2.05) is 19.2 Å². The molecular formula is C26H32N2O3S. The van der Waals surface area contributed by atoms with Crippen LogP contribution in [0.5, 0.6) is 5.75 Å². The number of aromatic nitrogens is 1. The zero-order chi connectivity index (χ0) is 22.8. The van der Waals surface area contributed by atoms with E-state index in [4.69, 9.17) is 4.42 Å². The Kier molecular flexibility index (Phi) is 5.02. The summed E-state index contributed by atoms with van der Waals surface area (Å²) in [4.78, 5) is 20.4. The molecule has 2 unspecified atom stereocenters. The van der Waals surface area contributed by atoms with Gasteiger partial charge in [-0.25, -0.2) is 4.98 Å². The number of benzene rings is 1. The van der Waals surface area contributed by atoms with Crippen molar-refractivity contribution in [2.75, 3.05) is 6.54 Å². The molecule has 1 saturated heterocycles. The maximum absolute atomic E-state index is 13.4. The van der Waals surface area contributed by atoms with Crippen molar-refractivity contribution in [1.82, 2.24) is 9.88 Å². The number of nitrogens with zero attached hydrogens (tertiary/aromatic N) is 2. The Morgan fingerprint density at radius 3 is 2.78 bits per heavy atom. The van der Waals surface area contributed by atoms with E-state index in [1.165, 1.54) is 30.4 Å². The molecule has 1 N–H and O–H groups in total. The van der Waals surface area contributed by atoms with Gasteiger partial charge in [-0.2, -0.15) is 0 Å². The zero-order valence-corrected chi connectivity index (χ0v) is 20.4. The van der Waals surface area contributed by atoms with Gasteiger partial charge >= 0.3 is 0 Å². The van der Waals surface area contributed by atoms with Crippen LogP contribution in [0.3, 0.4) is 0 Å². The highest BCUT2D eigenvalue weighted by atomic mass is 32.1. The third-order valence-electron chi connectivity index (χ3n) is 7.33. The quantitative estimate of drug-likeness (QED) is 0.534. The standard InChI is InChI=1S/C26H32N2O3S/c1-6-16-7-18-22(30)20(24-27-15(2)12-32-24)11-31-23(18)19(21(16)29)10-28-14-26(5)9-17(28)8-25(3,4)13-26/h7,11-12,17,29H,6,8-10,13-14H2,1-5H3. The number of phenols is 1. The molecule has 2 fully saturated rings. The predicted octanol–water partition coefficient (Wildman–Crippen LogP) is 5.89. The van der Waals surface area contributed by atoms with Gasteiger partial charge in [0.2, 0.25) is 5.43 Å². The monoisotopic (exact) mass is 452 g/mol. The van der Waals surface area contributed by atoms with Gasteiger partial charge in [0.1, 0.15) is 22.6 Å². The molecule has 6 heteroatoms. The SMILES string of the molecule is CCc1cc2c(=O)c(-c3nc(C)cs3)coc2c(CN2CC3(C)CC2CC(C)(C)C3)c1O. The first kappa shape index (κ1) is 21.7. The van der Waals surface area contributed by atoms with Crippen molar-refractivity contribution >= 4 is 22.3 Å². The van der Waals surface area contributed by atoms with E-state index in [9.17, 15) is 9.90 Å². The highest BCUT2D eigenvalue weighted by Gasteiger charge is 2.49. The summed E-state index contributed by atoms with van der Waals surface area (Å²) >= 11 is 1.45. The van der Waals surface area contributed by atoms with E-state index in [-0.39, 0.29) is 11.2 Å². The van der Waals surface area contributed by atoms with Crippen molar-refractivity contribution in [3.05, 3.63) is 44.8 Å². The number of hydrogen-bond donors (Lipinski definition) is 1. The maximum atomic E-state index is 13.4. The lowest BCUT2D eigenvalue weighted by Gasteiger charge is -2.40. The molecule has 3 heterocycles. The fourth-order valence-corrected chi connectivity index (χ4v) is 7.20. The number of fused-ring (bicyclic) bond motifs is 3. The van der Waals surface area contributed by atoms with Crippen molar-refractivity contribution in [2.24, 2.45) is 10.8 Å². The van der Waals surface area contributed by atoms with Crippen LogP contribution in [-0.2, 0) is 13.0 Å². The molecule has 2 aliphatic rings. The van der Waals surface area contributed by atoms with Gasteiger partial charge in [-0.05, 0) is 55.1 Å². The van der Waals surface area contributed by atoms with E-state index >= 15 is 0 Å². The van der Waals surface area contributed by atoms with Crippen molar-refractivity contribution in [1.29, 1.82) is 0 Å². The molecule has 0 amide bonds. The number of rotatable bonds is 4. The summed E-state index contributed by atoms with van der Waals surface area (Å²) in [5.74, 6) is 0.270. The van der Waals surface area contributed by atoms with E-state index < -0.39 is 0 Å². The normalized spacial score (nSPS) is 25.0. The van der Waals surface area contributed by atoms with Crippen LogP contribution >= 0.6 is 11.3 Å². The smallest absolute Gasteiger partial charge is 0.202 e. The number of aryl methyl sites for hydroxylation is 2. The average molecular weight is 453 g/mol. The van der Waals surface area contributed by atoms with Crippen molar-refractivity contribution in [3.63, 3.8) is 0 Å². The van der Waals surface area contributed by atoms with E-state index in [0.717, 1.165) is 29.8 Å². The second-order valence-corrected chi connectivity index (χ2v) is 11.8. The van der Waals surface area contributed by atoms with Crippen LogP contribution in [0.25, 0.3) is 21.5 Å². The number of phenolic OH excluding ortho intramolecular Hbond substituents is 1. The third kappa shape index (κ3) is 3.57. The van der Waals surface area contributed by atoms with Gasteiger partial charge in [0, 0.05) is 30.2 Å². The number of thiazole rings is 1. The summed E-state index contributed by atoms with van der Waals surface area (Å²) in [6.45, 7) is 12.7. The van der Waals surface area contributed by atoms with Crippen LogP contribution in [0.15, 0.2) is 26.9 Å². The first-order chi connectivity index (χ1) is 15.1. The Morgan fingerprint density at radius 1 is 1.31 bits per heavy atom. The summed E-state index contributed by atoms with van der Waals surface area (Å²) in [5, 5.41) is 14.3. The molecule has 1 aliphatic heterocycles. The van der Waals surface area contributed by atoms with Crippen LogP contribution in [0.2, 0.25) is 0 Å².